The molecule has 2 aromatic rings. The normalized spacial score (nSPS) is 14.3. The van der Waals surface area contributed by atoms with Gasteiger partial charge < -0.3 is 0 Å². The number of fused-ring (bicyclic) bond motifs is 1. The zero-order valence-electron chi connectivity index (χ0n) is 13.0. The zero-order valence-corrected chi connectivity index (χ0v) is 13.9. The maximum Gasteiger partial charge on any atom is 0.243 e. The number of hydrogen-bond donors (Lipinski definition) is 0. The molecule has 3 nitrogen and oxygen atoms in total. The third-order valence-corrected chi connectivity index (χ3v) is 6.23. The summed E-state index contributed by atoms with van der Waals surface area (Å²) in [6.45, 7) is 2.40. The summed E-state index contributed by atoms with van der Waals surface area (Å²) in [7, 11) is -1.79. The molecule has 22 heavy (non-hydrogen) atoms. The predicted molar refractivity (Wildman–Crippen MR) is 88.3 cm³/mol. The predicted octanol–water partition coefficient (Wildman–Crippen LogP) is 3.30. The Hall–Kier alpha value is -1.65. The van der Waals surface area contributed by atoms with Gasteiger partial charge in [-0.05, 0) is 60.6 Å². The fraction of sp³-hybridized carbons (Fsp3) is 0.333. The van der Waals surface area contributed by atoms with Crippen LogP contribution in [0.25, 0.3) is 0 Å². The van der Waals surface area contributed by atoms with Crippen molar-refractivity contribution in [3.05, 3.63) is 64.7 Å². The highest BCUT2D eigenvalue weighted by molar-refractivity contribution is 7.89. The first-order valence-corrected chi connectivity index (χ1v) is 9.05. The minimum Gasteiger partial charge on any atom is -0.207 e. The van der Waals surface area contributed by atoms with E-state index in [1.165, 1.54) is 15.4 Å². The van der Waals surface area contributed by atoms with Gasteiger partial charge >= 0.3 is 0 Å². The molecule has 0 aromatic heterocycles. The summed E-state index contributed by atoms with van der Waals surface area (Å²) in [6.07, 6.45) is 3.17. The molecule has 0 heterocycles. The Labute approximate surface area is 132 Å². The van der Waals surface area contributed by atoms with Crippen molar-refractivity contribution in [2.75, 3.05) is 7.05 Å². The third-order valence-electron chi connectivity index (χ3n) is 4.43. The van der Waals surface area contributed by atoms with Gasteiger partial charge in [-0.15, -0.1) is 0 Å². The minimum absolute atomic E-state index is 0.395. The van der Waals surface area contributed by atoms with Gasteiger partial charge in [0.15, 0.2) is 0 Å². The van der Waals surface area contributed by atoms with E-state index in [0.29, 0.717) is 11.4 Å². The molecule has 0 spiro atoms. The number of sulfonamides is 1. The molecule has 0 radical (unpaired) electrons. The lowest BCUT2D eigenvalue weighted by atomic mass is 10.1. The van der Waals surface area contributed by atoms with Crippen LogP contribution in [0.2, 0.25) is 0 Å². The standard InChI is InChI=1S/C18H21NO2S/c1-14-6-3-4-7-17(14)13-19(2)22(20,21)18-11-10-15-8-5-9-16(15)12-18/h3-4,6-7,10-12H,5,8-9,13H2,1-2H3. The fourth-order valence-corrected chi connectivity index (χ4v) is 4.20. The number of rotatable bonds is 4. The molecule has 0 fully saturated rings. The van der Waals surface area contributed by atoms with Gasteiger partial charge in [0.05, 0.1) is 4.90 Å². The average Bonchev–Trinajstić information content (AvgIpc) is 2.97. The average molecular weight is 315 g/mol. The largest absolute Gasteiger partial charge is 0.243 e. The molecule has 116 valence electrons. The van der Waals surface area contributed by atoms with E-state index in [1.807, 2.05) is 43.3 Å². The Bertz CT molecular complexity index is 796. The SMILES string of the molecule is Cc1ccccc1CN(C)S(=O)(=O)c1ccc2c(c1)CCC2. The van der Waals surface area contributed by atoms with Gasteiger partial charge in [-0.1, -0.05) is 30.3 Å². The molecule has 2 aromatic carbocycles. The Balaban J connectivity index is 1.88. The Kier molecular flexibility index (Phi) is 4.06. The molecule has 0 bridgehead atoms. The molecule has 0 saturated heterocycles. The van der Waals surface area contributed by atoms with Crippen molar-refractivity contribution in [1.29, 1.82) is 0 Å². The Morgan fingerprint density at radius 2 is 1.77 bits per heavy atom. The summed E-state index contributed by atoms with van der Waals surface area (Å²) in [5.41, 5.74) is 4.62. The van der Waals surface area contributed by atoms with Crippen LogP contribution in [0.4, 0.5) is 0 Å². The van der Waals surface area contributed by atoms with Gasteiger partial charge in [0.25, 0.3) is 0 Å². The Morgan fingerprint density at radius 3 is 2.55 bits per heavy atom. The lowest BCUT2D eigenvalue weighted by Gasteiger charge is -2.19. The third kappa shape index (κ3) is 2.81. The molecule has 1 aliphatic rings. The van der Waals surface area contributed by atoms with E-state index in [1.54, 1.807) is 13.1 Å². The highest BCUT2D eigenvalue weighted by atomic mass is 32.2. The number of nitrogens with zero attached hydrogens (tertiary/aromatic N) is 1. The monoisotopic (exact) mass is 315 g/mol. The first-order valence-electron chi connectivity index (χ1n) is 7.61. The van der Waals surface area contributed by atoms with E-state index in [9.17, 15) is 8.42 Å². The van der Waals surface area contributed by atoms with Crippen LogP contribution in [0.15, 0.2) is 47.4 Å². The lowest BCUT2D eigenvalue weighted by molar-refractivity contribution is 0.466. The second kappa shape index (κ2) is 5.86. The van der Waals surface area contributed by atoms with Gasteiger partial charge in [0, 0.05) is 13.6 Å². The van der Waals surface area contributed by atoms with E-state index in [0.717, 1.165) is 30.4 Å². The van der Waals surface area contributed by atoms with Gasteiger partial charge in [-0.2, -0.15) is 4.31 Å². The van der Waals surface area contributed by atoms with Gasteiger partial charge in [0.2, 0.25) is 10.0 Å². The van der Waals surface area contributed by atoms with Crippen LogP contribution in [0.1, 0.15) is 28.7 Å². The van der Waals surface area contributed by atoms with Crippen molar-refractivity contribution < 1.29 is 8.42 Å². The second-order valence-electron chi connectivity index (χ2n) is 5.97. The van der Waals surface area contributed by atoms with Crippen molar-refractivity contribution in [3.63, 3.8) is 0 Å². The van der Waals surface area contributed by atoms with E-state index in [-0.39, 0.29) is 0 Å². The Morgan fingerprint density at radius 1 is 1.05 bits per heavy atom. The van der Waals surface area contributed by atoms with Crippen LogP contribution in [0, 0.1) is 6.92 Å². The molecule has 1 aliphatic carbocycles. The number of hydrogen-bond acceptors (Lipinski definition) is 2. The summed E-state index contributed by atoms with van der Waals surface area (Å²) in [6, 6.07) is 13.5. The molecule has 0 unspecified atom stereocenters. The molecule has 0 atom stereocenters. The van der Waals surface area contributed by atoms with Crippen LogP contribution in [0.3, 0.4) is 0 Å². The molecule has 4 heteroatoms. The van der Waals surface area contributed by atoms with E-state index in [2.05, 4.69) is 0 Å². The van der Waals surface area contributed by atoms with Crippen molar-refractivity contribution in [3.8, 4) is 0 Å². The van der Waals surface area contributed by atoms with Gasteiger partial charge in [-0.3, -0.25) is 0 Å². The molecule has 0 saturated carbocycles. The van der Waals surface area contributed by atoms with Crippen LogP contribution >= 0.6 is 0 Å². The molecule has 0 aliphatic heterocycles. The minimum atomic E-state index is -3.44. The first kappa shape index (κ1) is 15.3. The van der Waals surface area contributed by atoms with Crippen molar-refractivity contribution in [2.24, 2.45) is 0 Å². The van der Waals surface area contributed by atoms with Gasteiger partial charge in [0.1, 0.15) is 0 Å². The van der Waals surface area contributed by atoms with E-state index >= 15 is 0 Å². The highest BCUT2D eigenvalue weighted by Crippen LogP contribution is 2.26. The highest BCUT2D eigenvalue weighted by Gasteiger charge is 2.23. The molecule has 0 N–H and O–H groups in total. The number of benzene rings is 2. The van der Waals surface area contributed by atoms with E-state index < -0.39 is 10.0 Å². The number of aryl methyl sites for hydroxylation is 3. The van der Waals surface area contributed by atoms with Crippen molar-refractivity contribution in [1.82, 2.24) is 4.31 Å². The topological polar surface area (TPSA) is 37.4 Å². The molecular weight excluding hydrogens is 294 g/mol. The fourth-order valence-electron chi connectivity index (χ4n) is 3.00. The second-order valence-corrected chi connectivity index (χ2v) is 8.02. The van der Waals surface area contributed by atoms with Crippen molar-refractivity contribution >= 4 is 10.0 Å². The summed E-state index contributed by atoms with van der Waals surface area (Å²) in [4.78, 5) is 0.407. The molecule has 0 amide bonds. The van der Waals surface area contributed by atoms with Crippen LogP contribution < -0.4 is 0 Å². The molecule has 3 rings (SSSR count). The zero-order chi connectivity index (χ0) is 15.7. The lowest BCUT2D eigenvalue weighted by Crippen LogP contribution is -2.27. The van der Waals surface area contributed by atoms with Gasteiger partial charge in [-0.25, -0.2) is 8.42 Å². The van der Waals surface area contributed by atoms with E-state index in [4.69, 9.17) is 0 Å². The van der Waals surface area contributed by atoms with Crippen LogP contribution in [0.5, 0.6) is 0 Å². The first-order chi connectivity index (χ1) is 10.5. The quantitative estimate of drug-likeness (QED) is 0.868. The summed E-state index contributed by atoms with van der Waals surface area (Å²) >= 11 is 0. The summed E-state index contributed by atoms with van der Waals surface area (Å²) in [5, 5.41) is 0. The maximum atomic E-state index is 12.8. The summed E-state index contributed by atoms with van der Waals surface area (Å²) in [5.74, 6) is 0. The maximum absolute atomic E-state index is 12.8. The van der Waals surface area contributed by atoms with Crippen LogP contribution in [-0.2, 0) is 29.4 Å². The summed E-state index contributed by atoms with van der Waals surface area (Å²) < 4.78 is 27.0. The van der Waals surface area contributed by atoms with Crippen molar-refractivity contribution in [2.45, 2.75) is 37.6 Å². The molecular formula is C18H21NO2S. The van der Waals surface area contributed by atoms with Crippen LogP contribution in [-0.4, -0.2) is 19.8 Å². The smallest absolute Gasteiger partial charge is 0.207 e.